The summed E-state index contributed by atoms with van der Waals surface area (Å²) in [5.41, 5.74) is 2.83. The van der Waals surface area contributed by atoms with Crippen LogP contribution in [0.5, 0.6) is 0 Å². The molecule has 0 aliphatic rings. The molecule has 2 amide bonds. The minimum Gasteiger partial charge on any atom is -0.344 e. The van der Waals surface area contributed by atoms with Crippen LogP contribution in [0.4, 0.5) is 10.1 Å². The van der Waals surface area contributed by atoms with Crippen LogP contribution in [0.2, 0.25) is 0 Å². The summed E-state index contributed by atoms with van der Waals surface area (Å²) in [6.07, 6.45) is 0. The van der Waals surface area contributed by atoms with Gasteiger partial charge in [-0.25, -0.2) is 4.39 Å². The standard InChI is InChI=1S/C19H21FN2O2/c1-12(2)15-9-6-7-13(3)17(15)22-19(24)18(23)21-11-14-8-4-5-10-16(14)20/h4-10,12H,11H2,1-3H3,(H,21,23)(H,22,24). The Labute approximate surface area is 141 Å². The van der Waals surface area contributed by atoms with E-state index in [-0.39, 0.29) is 12.5 Å². The first-order chi connectivity index (χ1) is 11.4. The largest absolute Gasteiger partial charge is 0.344 e. The molecule has 0 unspecified atom stereocenters. The van der Waals surface area contributed by atoms with Crippen LogP contribution >= 0.6 is 0 Å². The van der Waals surface area contributed by atoms with Crippen molar-refractivity contribution in [1.82, 2.24) is 5.32 Å². The molecule has 0 saturated carbocycles. The zero-order chi connectivity index (χ0) is 17.7. The maximum Gasteiger partial charge on any atom is 0.313 e. The highest BCUT2D eigenvalue weighted by atomic mass is 19.1. The molecule has 0 atom stereocenters. The Morgan fingerprint density at radius 2 is 1.75 bits per heavy atom. The van der Waals surface area contributed by atoms with Crippen LogP contribution in [0.3, 0.4) is 0 Å². The Bertz CT molecular complexity index is 757. The summed E-state index contributed by atoms with van der Waals surface area (Å²) in [7, 11) is 0. The molecule has 0 aromatic heterocycles. The number of hydrogen-bond donors (Lipinski definition) is 2. The molecule has 0 heterocycles. The van der Waals surface area contributed by atoms with Crippen molar-refractivity contribution in [3.05, 3.63) is 65.0 Å². The van der Waals surface area contributed by atoms with Crippen molar-refractivity contribution in [3.63, 3.8) is 0 Å². The van der Waals surface area contributed by atoms with Crippen molar-refractivity contribution in [2.24, 2.45) is 0 Å². The second kappa shape index (κ2) is 7.73. The third kappa shape index (κ3) is 4.19. The Balaban J connectivity index is 2.05. The summed E-state index contributed by atoms with van der Waals surface area (Å²) in [5.74, 6) is -1.76. The highest BCUT2D eigenvalue weighted by Crippen LogP contribution is 2.27. The smallest absolute Gasteiger partial charge is 0.313 e. The summed E-state index contributed by atoms with van der Waals surface area (Å²) in [6.45, 7) is 5.87. The van der Waals surface area contributed by atoms with Gasteiger partial charge < -0.3 is 10.6 Å². The molecule has 2 aromatic carbocycles. The van der Waals surface area contributed by atoms with Crippen molar-refractivity contribution in [2.75, 3.05) is 5.32 Å². The topological polar surface area (TPSA) is 58.2 Å². The number of para-hydroxylation sites is 1. The molecular weight excluding hydrogens is 307 g/mol. The van der Waals surface area contributed by atoms with E-state index in [4.69, 9.17) is 0 Å². The number of carbonyl (C=O) groups is 2. The summed E-state index contributed by atoms with van der Waals surface area (Å²) >= 11 is 0. The van der Waals surface area contributed by atoms with E-state index in [9.17, 15) is 14.0 Å². The fourth-order valence-corrected chi connectivity index (χ4v) is 2.41. The third-order valence-corrected chi connectivity index (χ3v) is 3.77. The number of aryl methyl sites for hydroxylation is 1. The lowest BCUT2D eigenvalue weighted by Crippen LogP contribution is -2.35. The fourth-order valence-electron chi connectivity index (χ4n) is 2.41. The Morgan fingerprint density at radius 3 is 2.42 bits per heavy atom. The van der Waals surface area contributed by atoms with Gasteiger partial charge in [-0.05, 0) is 30.0 Å². The van der Waals surface area contributed by atoms with Crippen LogP contribution in [0.25, 0.3) is 0 Å². The quantitative estimate of drug-likeness (QED) is 0.844. The Morgan fingerprint density at radius 1 is 1.04 bits per heavy atom. The zero-order valence-electron chi connectivity index (χ0n) is 14.0. The van der Waals surface area contributed by atoms with Gasteiger partial charge in [-0.3, -0.25) is 9.59 Å². The number of rotatable bonds is 4. The lowest BCUT2D eigenvalue weighted by Gasteiger charge is -2.16. The van der Waals surface area contributed by atoms with Gasteiger partial charge in [0.05, 0.1) is 0 Å². The normalized spacial score (nSPS) is 10.5. The van der Waals surface area contributed by atoms with Crippen LogP contribution in [0.15, 0.2) is 42.5 Å². The van der Waals surface area contributed by atoms with E-state index in [2.05, 4.69) is 10.6 Å². The third-order valence-electron chi connectivity index (χ3n) is 3.77. The molecule has 0 saturated heterocycles. The number of carbonyl (C=O) groups excluding carboxylic acids is 2. The molecule has 0 spiro atoms. The van der Waals surface area contributed by atoms with Gasteiger partial charge in [-0.15, -0.1) is 0 Å². The summed E-state index contributed by atoms with van der Waals surface area (Å²) in [4.78, 5) is 24.1. The molecule has 2 aromatic rings. The molecule has 0 aliphatic heterocycles. The molecule has 2 rings (SSSR count). The van der Waals surface area contributed by atoms with E-state index in [1.165, 1.54) is 6.07 Å². The average Bonchev–Trinajstić information content (AvgIpc) is 2.55. The van der Waals surface area contributed by atoms with Crippen molar-refractivity contribution in [3.8, 4) is 0 Å². The number of amides is 2. The van der Waals surface area contributed by atoms with Crippen LogP contribution in [0, 0.1) is 12.7 Å². The maximum atomic E-state index is 13.5. The fraction of sp³-hybridized carbons (Fsp3) is 0.263. The van der Waals surface area contributed by atoms with Gasteiger partial charge in [0.15, 0.2) is 0 Å². The lowest BCUT2D eigenvalue weighted by atomic mass is 9.98. The number of anilines is 1. The van der Waals surface area contributed by atoms with Crippen LogP contribution in [0.1, 0.15) is 36.5 Å². The summed E-state index contributed by atoms with van der Waals surface area (Å²) in [5, 5.41) is 5.10. The van der Waals surface area contributed by atoms with Gasteiger partial charge in [0.2, 0.25) is 0 Å². The second-order valence-corrected chi connectivity index (χ2v) is 5.92. The van der Waals surface area contributed by atoms with E-state index >= 15 is 0 Å². The van der Waals surface area contributed by atoms with Gasteiger partial charge in [-0.2, -0.15) is 0 Å². The SMILES string of the molecule is Cc1cccc(C(C)C)c1NC(=O)C(=O)NCc1ccccc1F. The van der Waals surface area contributed by atoms with Crippen molar-refractivity contribution >= 4 is 17.5 Å². The first-order valence-corrected chi connectivity index (χ1v) is 7.82. The van der Waals surface area contributed by atoms with Gasteiger partial charge in [0, 0.05) is 17.8 Å². The van der Waals surface area contributed by atoms with Crippen molar-refractivity contribution in [2.45, 2.75) is 33.2 Å². The minimum atomic E-state index is -0.795. The van der Waals surface area contributed by atoms with Gasteiger partial charge >= 0.3 is 11.8 Å². The Hall–Kier alpha value is -2.69. The average molecular weight is 328 g/mol. The summed E-state index contributed by atoms with van der Waals surface area (Å²) in [6, 6.07) is 11.8. The molecule has 0 radical (unpaired) electrons. The number of hydrogen-bond acceptors (Lipinski definition) is 2. The lowest BCUT2D eigenvalue weighted by molar-refractivity contribution is -0.136. The van der Waals surface area contributed by atoms with Crippen LogP contribution in [-0.4, -0.2) is 11.8 Å². The molecule has 126 valence electrons. The highest BCUT2D eigenvalue weighted by Gasteiger charge is 2.17. The molecular formula is C19H21FN2O2. The molecule has 2 N–H and O–H groups in total. The van der Waals surface area contributed by atoms with Crippen molar-refractivity contribution in [1.29, 1.82) is 0 Å². The van der Waals surface area contributed by atoms with Crippen LogP contribution in [-0.2, 0) is 16.1 Å². The zero-order valence-corrected chi connectivity index (χ0v) is 14.0. The number of nitrogens with one attached hydrogen (secondary N) is 2. The highest BCUT2D eigenvalue weighted by molar-refractivity contribution is 6.39. The van der Waals surface area contributed by atoms with Gasteiger partial charge in [-0.1, -0.05) is 50.2 Å². The molecule has 24 heavy (non-hydrogen) atoms. The van der Waals surface area contributed by atoms with E-state index in [1.807, 2.05) is 39.0 Å². The Kier molecular flexibility index (Phi) is 5.68. The first kappa shape index (κ1) is 17.7. The monoisotopic (exact) mass is 328 g/mol. The van der Waals surface area contributed by atoms with Gasteiger partial charge in [0.1, 0.15) is 5.82 Å². The van der Waals surface area contributed by atoms with Crippen LogP contribution < -0.4 is 10.6 Å². The van der Waals surface area contributed by atoms with Crippen molar-refractivity contribution < 1.29 is 14.0 Å². The molecule has 0 bridgehead atoms. The molecule has 5 heteroatoms. The number of halogens is 1. The van der Waals surface area contributed by atoms with E-state index in [0.717, 1.165) is 11.1 Å². The molecule has 4 nitrogen and oxygen atoms in total. The first-order valence-electron chi connectivity index (χ1n) is 7.82. The predicted octanol–water partition coefficient (Wildman–Crippen LogP) is 3.51. The van der Waals surface area contributed by atoms with E-state index in [0.29, 0.717) is 11.3 Å². The predicted molar refractivity (Wildman–Crippen MR) is 92.1 cm³/mol. The summed E-state index contributed by atoms with van der Waals surface area (Å²) < 4.78 is 13.5. The number of benzene rings is 2. The minimum absolute atomic E-state index is 0.0380. The van der Waals surface area contributed by atoms with E-state index < -0.39 is 17.6 Å². The molecule has 0 aliphatic carbocycles. The van der Waals surface area contributed by atoms with Gasteiger partial charge in [0.25, 0.3) is 0 Å². The maximum absolute atomic E-state index is 13.5. The van der Waals surface area contributed by atoms with E-state index in [1.54, 1.807) is 18.2 Å². The molecule has 0 fully saturated rings. The second-order valence-electron chi connectivity index (χ2n) is 5.92.